The van der Waals surface area contributed by atoms with E-state index in [1.165, 1.54) is 31.2 Å². The van der Waals surface area contributed by atoms with Gasteiger partial charge in [0.05, 0.1) is 9.85 Å². The molecule has 1 N–H and O–H groups in total. The van der Waals surface area contributed by atoms with Gasteiger partial charge in [-0.2, -0.15) is 0 Å². The maximum atomic E-state index is 11.7. The van der Waals surface area contributed by atoms with Crippen molar-refractivity contribution in [1.82, 2.24) is 0 Å². The topological polar surface area (TPSA) is 132 Å². The molecule has 0 fully saturated rings. The highest BCUT2D eigenvalue weighted by Crippen LogP contribution is 2.38. The molecule has 0 spiro atoms. The molecule has 2 rings (SSSR count). The number of amides is 1. The van der Waals surface area contributed by atoms with Gasteiger partial charge in [0, 0.05) is 12.5 Å². The van der Waals surface area contributed by atoms with E-state index in [1.54, 1.807) is 0 Å². The number of anilines is 1. The van der Waals surface area contributed by atoms with E-state index < -0.39 is 32.9 Å². The minimum Gasteiger partial charge on any atom is -0.314 e. The van der Waals surface area contributed by atoms with Gasteiger partial charge in [0.2, 0.25) is 5.78 Å². The Morgan fingerprint density at radius 1 is 1.09 bits per heavy atom. The van der Waals surface area contributed by atoms with E-state index in [1.807, 2.05) is 0 Å². The summed E-state index contributed by atoms with van der Waals surface area (Å²) in [7, 11) is 0. The molecule has 9 nitrogen and oxygen atoms in total. The molecule has 118 valence electrons. The van der Waals surface area contributed by atoms with Crippen molar-refractivity contribution in [2.45, 2.75) is 13.3 Å². The SMILES string of the molecule is CCC(=O)C(=O)Nc1ccc2cccc([N+](=O)[O-])c2c1[N+](=O)[O-]. The summed E-state index contributed by atoms with van der Waals surface area (Å²) < 4.78 is 0. The van der Waals surface area contributed by atoms with Crippen LogP contribution < -0.4 is 5.32 Å². The molecular formula is C14H11N3O6. The Kier molecular flexibility index (Phi) is 4.30. The Labute approximate surface area is 129 Å². The molecule has 0 aliphatic rings. The van der Waals surface area contributed by atoms with E-state index in [0.717, 1.165) is 6.07 Å². The van der Waals surface area contributed by atoms with Gasteiger partial charge in [-0.1, -0.05) is 25.1 Å². The van der Waals surface area contributed by atoms with E-state index in [4.69, 9.17) is 0 Å². The van der Waals surface area contributed by atoms with Crippen molar-refractivity contribution in [3.8, 4) is 0 Å². The first-order valence-electron chi connectivity index (χ1n) is 6.55. The fraction of sp³-hybridized carbons (Fsp3) is 0.143. The number of rotatable bonds is 5. The quantitative estimate of drug-likeness (QED) is 0.512. The van der Waals surface area contributed by atoms with Gasteiger partial charge < -0.3 is 5.32 Å². The maximum absolute atomic E-state index is 11.7. The van der Waals surface area contributed by atoms with Crippen LogP contribution in [0.25, 0.3) is 10.8 Å². The lowest BCUT2D eigenvalue weighted by Crippen LogP contribution is -2.22. The van der Waals surface area contributed by atoms with Crippen molar-refractivity contribution < 1.29 is 19.4 Å². The van der Waals surface area contributed by atoms with Gasteiger partial charge in [0.15, 0.2) is 0 Å². The van der Waals surface area contributed by atoms with Crippen LogP contribution in [0.3, 0.4) is 0 Å². The third-order valence-corrected chi connectivity index (χ3v) is 3.20. The van der Waals surface area contributed by atoms with Crippen LogP contribution in [0.2, 0.25) is 0 Å². The predicted octanol–water partition coefficient (Wildman–Crippen LogP) is 2.57. The van der Waals surface area contributed by atoms with E-state index >= 15 is 0 Å². The summed E-state index contributed by atoms with van der Waals surface area (Å²) in [5, 5.41) is 24.7. The van der Waals surface area contributed by atoms with Gasteiger partial charge in [-0.25, -0.2) is 0 Å². The average molecular weight is 317 g/mol. The predicted molar refractivity (Wildman–Crippen MR) is 81.2 cm³/mol. The van der Waals surface area contributed by atoms with Crippen LogP contribution in [0.15, 0.2) is 30.3 Å². The minimum atomic E-state index is -1.01. The van der Waals surface area contributed by atoms with Crippen molar-refractivity contribution >= 4 is 39.5 Å². The lowest BCUT2D eigenvalue weighted by atomic mass is 10.1. The summed E-state index contributed by atoms with van der Waals surface area (Å²) in [5.41, 5.74) is -1.33. The second kappa shape index (κ2) is 6.18. The molecule has 0 aliphatic heterocycles. The van der Waals surface area contributed by atoms with E-state index in [2.05, 4.69) is 5.32 Å². The smallest absolute Gasteiger partial charge is 0.307 e. The molecule has 23 heavy (non-hydrogen) atoms. The average Bonchev–Trinajstić information content (AvgIpc) is 2.52. The summed E-state index contributed by atoms with van der Waals surface area (Å²) in [4.78, 5) is 43.9. The summed E-state index contributed by atoms with van der Waals surface area (Å²) >= 11 is 0. The lowest BCUT2D eigenvalue weighted by molar-refractivity contribution is -0.389. The Morgan fingerprint density at radius 2 is 1.78 bits per heavy atom. The molecule has 0 heterocycles. The van der Waals surface area contributed by atoms with Crippen LogP contribution in [-0.2, 0) is 9.59 Å². The van der Waals surface area contributed by atoms with E-state index in [0.29, 0.717) is 0 Å². The zero-order chi connectivity index (χ0) is 17.1. The van der Waals surface area contributed by atoms with Gasteiger partial charge in [0.1, 0.15) is 11.1 Å². The van der Waals surface area contributed by atoms with Crippen molar-refractivity contribution in [3.63, 3.8) is 0 Å². The number of nitrogens with zero attached hydrogens (tertiary/aromatic N) is 2. The fourth-order valence-corrected chi connectivity index (χ4v) is 2.14. The standard InChI is InChI=1S/C14H11N3O6/c1-2-11(18)14(19)15-9-7-6-8-4-3-5-10(16(20)21)12(8)13(9)17(22)23/h3-7H,2H2,1H3,(H,15,19). The number of ketones is 1. The number of nitro groups is 2. The molecule has 0 aromatic heterocycles. The summed E-state index contributed by atoms with van der Waals surface area (Å²) in [5.74, 6) is -1.75. The molecule has 1 amide bonds. The third kappa shape index (κ3) is 2.98. The maximum Gasteiger partial charge on any atom is 0.307 e. The van der Waals surface area contributed by atoms with Gasteiger partial charge in [0.25, 0.3) is 11.6 Å². The van der Waals surface area contributed by atoms with Crippen LogP contribution in [-0.4, -0.2) is 21.5 Å². The normalized spacial score (nSPS) is 10.3. The Morgan fingerprint density at radius 3 is 2.35 bits per heavy atom. The second-order valence-corrected chi connectivity index (χ2v) is 4.58. The number of Topliss-reactive ketones (excluding diaryl/α,β-unsaturated/α-hetero) is 1. The number of benzene rings is 2. The molecule has 0 unspecified atom stereocenters. The molecule has 0 saturated heterocycles. The van der Waals surface area contributed by atoms with Crippen LogP contribution in [0.4, 0.5) is 17.1 Å². The van der Waals surface area contributed by atoms with Gasteiger partial charge >= 0.3 is 5.69 Å². The molecule has 9 heteroatoms. The number of hydrogen-bond acceptors (Lipinski definition) is 6. The molecule has 0 aliphatic carbocycles. The summed E-state index contributed by atoms with van der Waals surface area (Å²) in [6.45, 7) is 1.47. The summed E-state index contributed by atoms with van der Waals surface area (Å²) in [6, 6.07) is 6.67. The first-order valence-corrected chi connectivity index (χ1v) is 6.55. The van der Waals surface area contributed by atoms with Crippen molar-refractivity contribution in [1.29, 1.82) is 0 Å². The largest absolute Gasteiger partial charge is 0.314 e. The van der Waals surface area contributed by atoms with Gasteiger partial charge in [-0.15, -0.1) is 0 Å². The van der Waals surface area contributed by atoms with Crippen molar-refractivity contribution in [2.75, 3.05) is 5.32 Å². The minimum absolute atomic E-state index is 0.0621. The third-order valence-electron chi connectivity index (χ3n) is 3.20. The molecule has 0 radical (unpaired) electrons. The van der Waals surface area contributed by atoms with Crippen LogP contribution in [0.5, 0.6) is 0 Å². The highest BCUT2D eigenvalue weighted by Gasteiger charge is 2.27. The van der Waals surface area contributed by atoms with Crippen LogP contribution in [0, 0.1) is 20.2 Å². The van der Waals surface area contributed by atoms with Crippen LogP contribution in [0.1, 0.15) is 13.3 Å². The Balaban J connectivity index is 2.72. The molecule has 0 bridgehead atoms. The molecule has 0 atom stereocenters. The Hall–Kier alpha value is -3.36. The van der Waals surface area contributed by atoms with E-state index in [9.17, 15) is 29.8 Å². The Bertz CT molecular complexity index is 846. The van der Waals surface area contributed by atoms with E-state index in [-0.39, 0.29) is 22.9 Å². The van der Waals surface area contributed by atoms with Crippen molar-refractivity contribution in [3.05, 3.63) is 50.6 Å². The second-order valence-electron chi connectivity index (χ2n) is 4.58. The van der Waals surface area contributed by atoms with Crippen molar-refractivity contribution in [2.24, 2.45) is 0 Å². The fourth-order valence-electron chi connectivity index (χ4n) is 2.14. The monoisotopic (exact) mass is 317 g/mol. The number of carbonyl (C=O) groups excluding carboxylic acids is 2. The number of hydrogen-bond donors (Lipinski definition) is 1. The first-order chi connectivity index (χ1) is 10.9. The summed E-state index contributed by atoms with van der Waals surface area (Å²) in [6.07, 6.45) is -0.0621. The number of non-ortho nitro benzene ring substituents is 1. The highest BCUT2D eigenvalue weighted by molar-refractivity contribution is 6.40. The van der Waals surface area contributed by atoms with Crippen LogP contribution >= 0.6 is 0 Å². The number of fused-ring (bicyclic) bond motifs is 1. The molecular weight excluding hydrogens is 306 g/mol. The lowest BCUT2D eigenvalue weighted by Gasteiger charge is -2.07. The number of carbonyl (C=O) groups is 2. The zero-order valence-corrected chi connectivity index (χ0v) is 11.9. The molecule has 2 aromatic carbocycles. The van der Waals surface area contributed by atoms with Gasteiger partial charge in [-0.3, -0.25) is 29.8 Å². The first kappa shape index (κ1) is 16.0. The highest BCUT2D eigenvalue weighted by atomic mass is 16.6. The molecule has 0 saturated carbocycles. The molecule has 2 aromatic rings. The number of nitro benzene ring substituents is 2. The zero-order valence-electron chi connectivity index (χ0n) is 11.9. The van der Waals surface area contributed by atoms with Gasteiger partial charge in [-0.05, 0) is 11.5 Å². The number of nitrogens with one attached hydrogen (secondary N) is 1.